The summed E-state index contributed by atoms with van der Waals surface area (Å²) in [6.45, 7) is 4.80. The van der Waals surface area contributed by atoms with Crippen molar-refractivity contribution in [1.82, 2.24) is 4.40 Å². The van der Waals surface area contributed by atoms with E-state index in [1.165, 1.54) is 105 Å². The quantitative estimate of drug-likeness (QED) is 0.153. The van der Waals surface area contributed by atoms with Gasteiger partial charge in [-0.15, -0.1) is 0 Å². The molecule has 66 heavy (non-hydrogen) atoms. The number of fused-ring (bicyclic) bond motifs is 24. The summed E-state index contributed by atoms with van der Waals surface area (Å²) in [5, 5.41) is 7.35. The highest BCUT2D eigenvalue weighted by Crippen LogP contribution is 2.76. The second kappa shape index (κ2) is 10.3. The second-order valence-corrected chi connectivity index (χ2v) is 21.2. The molecule has 2 aromatic heterocycles. The van der Waals surface area contributed by atoms with Crippen molar-refractivity contribution >= 4 is 60.4 Å². The Hall–Kier alpha value is -7.62. The second-order valence-electron chi connectivity index (χ2n) is 21.2. The van der Waals surface area contributed by atoms with Gasteiger partial charge in [-0.25, -0.2) is 0 Å². The van der Waals surface area contributed by atoms with Crippen molar-refractivity contribution in [2.75, 3.05) is 0 Å². The fraction of sp³-hybridized carbons (Fsp3) is 0.143. The van der Waals surface area contributed by atoms with Crippen molar-refractivity contribution in [2.45, 2.75) is 53.8 Å². The van der Waals surface area contributed by atoms with E-state index in [2.05, 4.69) is 182 Å². The first-order chi connectivity index (χ1) is 32.4. The lowest BCUT2D eigenvalue weighted by Gasteiger charge is -2.64. The zero-order valence-corrected chi connectivity index (χ0v) is 36.2. The number of hydrogen-bond donors (Lipinski definition) is 0. The summed E-state index contributed by atoms with van der Waals surface area (Å²) < 4.78 is 2.46. The van der Waals surface area contributed by atoms with E-state index >= 15 is 9.59 Å². The van der Waals surface area contributed by atoms with Crippen LogP contribution in [0, 0.1) is 0 Å². The van der Waals surface area contributed by atoms with E-state index in [1.54, 1.807) is 0 Å². The molecule has 0 saturated heterocycles. The van der Waals surface area contributed by atoms with Crippen LogP contribution in [0.5, 0.6) is 0 Å². The molecule has 2 heterocycles. The average Bonchev–Trinajstić information content (AvgIpc) is 3.90. The van der Waals surface area contributed by atoms with E-state index in [-0.39, 0.29) is 51.5 Å². The topological polar surface area (TPSA) is 38.5 Å². The third-order valence-corrected chi connectivity index (χ3v) is 18.8. The molecule has 6 atom stereocenters. The Morgan fingerprint density at radius 3 is 1.45 bits per heavy atom. The number of benzene rings is 9. The predicted molar refractivity (Wildman–Crippen MR) is 261 cm³/mol. The minimum Gasteiger partial charge on any atom is -0.308 e. The molecule has 2 spiro atoms. The van der Waals surface area contributed by atoms with Crippen molar-refractivity contribution in [3.8, 4) is 11.1 Å². The van der Waals surface area contributed by atoms with Crippen molar-refractivity contribution in [1.29, 1.82) is 0 Å². The van der Waals surface area contributed by atoms with Crippen LogP contribution in [0.1, 0.15) is 125 Å². The lowest BCUT2D eigenvalue weighted by atomic mass is 9.36. The number of aromatic nitrogens is 1. The van der Waals surface area contributed by atoms with E-state index in [4.69, 9.17) is 0 Å². The van der Waals surface area contributed by atoms with E-state index in [1.807, 2.05) is 0 Å². The largest absolute Gasteiger partial charge is 0.308 e. The summed E-state index contributed by atoms with van der Waals surface area (Å²) in [6.07, 6.45) is 0. The van der Waals surface area contributed by atoms with Gasteiger partial charge in [0.2, 0.25) is 0 Å². The number of Topliss-reactive ketones (excluding diaryl/α,β-unsaturated/α-hetero) is 2. The SMILES string of the molecule is CC1(C)c2ccc3ccccc3c2-c2c1cc1c3cc4c(cc3n3c5cc6c(cc5c2c13)C1c2ccccc2C12c1ccccc1C2C6=O)C(=O)C1c2ccccc2C12c1ccccc1C42. The Labute approximate surface area is 379 Å². The molecule has 11 aromatic rings. The fourth-order valence-corrected chi connectivity index (χ4v) is 16.5. The maximum Gasteiger partial charge on any atom is 0.171 e. The molecular formula is C63H37NO2. The Kier molecular flexibility index (Phi) is 5.25. The van der Waals surface area contributed by atoms with Gasteiger partial charge in [0.1, 0.15) is 0 Å². The fourth-order valence-electron chi connectivity index (χ4n) is 16.5. The Morgan fingerprint density at radius 2 is 0.879 bits per heavy atom. The summed E-state index contributed by atoms with van der Waals surface area (Å²) in [5.41, 5.74) is 21.9. The van der Waals surface area contributed by atoms with Gasteiger partial charge in [0.15, 0.2) is 11.6 Å². The highest BCUT2D eigenvalue weighted by molar-refractivity contribution is 6.31. The highest BCUT2D eigenvalue weighted by atomic mass is 16.1. The van der Waals surface area contributed by atoms with Crippen molar-refractivity contribution in [2.24, 2.45) is 0 Å². The summed E-state index contributed by atoms with van der Waals surface area (Å²) >= 11 is 0. The molecule has 18 rings (SSSR count). The number of carbonyl (C=O) groups excluding carboxylic acids is 2. The van der Waals surface area contributed by atoms with Gasteiger partial charge < -0.3 is 4.40 Å². The zero-order valence-electron chi connectivity index (χ0n) is 36.2. The normalized spacial score (nSPS) is 25.4. The number of nitrogens with zero attached hydrogens (tertiary/aromatic N) is 1. The van der Waals surface area contributed by atoms with Gasteiger partial charge >= 0.3 is 0 Å². The summed E-state index contributed by atoms with van der Waals surface area (Å²) in [7, 11) is 0. The third-order valence-electron chi connectivity index (χ3n) is 18.8. The predicted octanol–water partition coefficient (Wildman–Crippen LogP) is 13.7. The molecule has 3 heteroatoms. The van der Waals surface area contributed by atoms with Crippen LogP contribution in [0.15, 0.2) is 164 Å². The molecule has 0 saturated carbocycles. The van der Waals surface area contributed by atoms with E-state index in [0.717, 1.165) is 33.3 Å². The first-order valence-electron chi connectivity index (χ1n) is 23.7. The molecule has 306 valence electrons. The van der Waals surface area contributed by atoms with Crippen LogP contribution >= 0.6 is 0 Å². The van der Waals surface area contributed by atoms with Gasteiger partial charge in [-0.2, -0.15) is 0 Å². The Balaban J connectivity index is 1.00. The molecule has 6 unspecified atom stereocenters. The lowest BCUT2D eigenvalue weighted by Crippen LogP contribution is -2.61. The van der Waals surface area contributed by atoms with E-state index in [9.17, 15) is 0 Å². The molecule has 0 N–H and O–H groups in total. The van der Waals surface area contributed by atoms with Gasteiger partial charge in [-0.3, -0.25) is 9.59 Å². The average molecular weight is 840 g/mol. The van der Waals surface area contributed by atoms with Crippen LogP contribution in [0.25, 0.3) is 60.0 Å². The van der Waals surface area contributed by atoms with Crippen LogP contribution in [0.4, 0.5) is 0 Å². The molecule has 9 aromatic carbocycles. The smallest absolute Gasteiger partial charge is 0.171 e. The molecular weight excluding hydrogens is 803 g/mol. The van der Waals surface area contributed by atoms with Crippen molar-refractivity contribution in [3.05, 3.63) is 242 Å². The Bertz CT molecular complexity index is 4290. The van der Waals surface area contributed by atoms with Crippen LogP contribution in [-0.4, -0.2) is 16.0 Å². The minimum atomic E-state index is -0.347. The number of carbonyl (C=O) groups is 2. The third kappa shape index (κ3) is 3.09. The van der Waals surface area contributed by atoms with Gasteiger partial charge in [0, 0.05) is 60.8 Å². The summed E-state index contributed by atoms with van der Waals surface area (Å²) in [6, 6.07) is 60.5. The lowest BCUT2D eigenvalue weighted by molar-refractivity contribution is 0.0839. The molecule has 0 aliphatic heterocycles. The maximum absolute atomic E-state index is 15.5. The van der Waals surface area contributed by atoms with Crippen LogP contribution in [0.2, 0.25) is 0 Å². The molecule has 7 aliphatic carbocycles. The highest BCUT2D eigenvalue weighted by Gasteiger charge is 2.70. The van der Waals surface area contributed by atoms with E-state index in [0.29, 0.717) is 0 Å². The van der Waals surface area contributed by atoms with Crippen LogP contribution in [0.3, 0.4) is 0 Å². The standard InChI is InChI=1S/C63H37NO2/c1-61(2)47-24-23-30-13-3-4-14-31(30)51(47)53-48(61)27-39-36-25-37-40(59(65)56-34-17-7-11-21-45(34)62(56)43-19-9-5-15-32(43)54(37)62)28-49(36)64-50-29-41-38(26-42(50)52(53)58(39)64)55-33-16-6-10-20-44(33)63(55)46-22-12-8-18-35(46)57(63)60(41)66/h3-29,54-57H,1-2H3. The molecule has 3 nitrogen and oxygen atoms in total. The zero-order chi connectivity index (χ0) is 43.1. The number of ketones is 2. The van der Waals surface area contributed by atoms with Gasteiger partial charge in [0.05, 0.1) is 28.4 Å². The molecule has 0 radical (unpaired) electrons. The minimum absolute atomic E-state index is 0.0840. The molecule has 0 fully saturated rings. The van der Waals surface area contributed by atoms with Gasteiger partial charge in [0.25, 0.3) is 0 Å². The summed E-state index contributed by atoms with van der Waals surface area (Å²) in [4.78, 5) is 30.9. The maximum atomic E-state index is 15.5. The Morgan fingerprint density at radius 1 is 0.394 bits per heavy atom. The van der Waals surface area contributed by atoms with E-state index < -0.39 is 0 Å². The summed E-state index contributed by atoms with van der Waals surface area (Å²) in [5.74, 6) is 0.204. The molecule has 7 aliphatic rings. The first kappa shape index (κ1) is 33.8. The van der Waals surface area contributed by atoms with Crippen molar-refractivity contribution in [3.63, 3.8) is 0 Å². The van der Waals surface area contributed by atoms with Gasteiger partial charge in [-0.05, 0) is 119 Å². The monoisotopic (exact) mass is 839 g/mol. The van der Waals surface area contributed by atoms with Crippen molar-refractivity contribution < 1.29 is 9.59 Å². The van der Waals surface area contributed by atoms with Crippen LogP contribution in [-0.2, 0) is 16.2 Å². The van der Waals surface area contributed by atoms with Crippen LogP contribution < -0.4 is 0 Å². The number of hydrogen-bond acceptors (Lipinski definition) is 2. The number of rotatable bonds is 0. The molecule has 0 amide bonds. The first-order valence-corrected chi connectivity index (χ1v) is 23.7. The molecule has 0 bridgehead atoms. The van der Waals surface area contributed by atoms with Gasteiger partial charge in [-0.1, -0.05) is 147 Å².